The van der Waals surface area contributed by atoms with E-state index in [1.165, 1.54) is 0 Å². The van der Waals surface area contributed by atoms with E-state index in [1.807, 2.05) is 13.8 Å². The maximum atomic E-state index is 12.6. The Kier molecular flexibility index (Phi) is 5.03. The van der Waals surface area contributed by atoms with Crippen molar-refractivity contribution in [3.05, 3.63) is 11.1 Å². The zero-order valence-corrected chi connectivity index (χ0v) is 14.0. The highest BCUT2D eigenvalue weighted by Crippen LogP contribution is 2.35. The maximum absolute atomic E-state index is 12.6. The van der Waals surface area contributed by atoms with E-state index in [0.29, 0.717) is 23.0 Å². The predicted molar refractivity (Wildman–Crippen MR) is 81.3 cm³/mol. The van der Waals surface area contributed by atoms with Gasteiger partial charge in [-0.1, -0.05) is 11.3 Å². The molecule has 8 heteroatoms. The fourth-order valence-electron chi connectivity index (χ4n) is 2.56. The molecule has 1 fully saturated rings. The monoisotopic (exact) mass is 337 g/mol. The molecule has 0 aliphatic carbocycles. The number of alkyl halides is 3. The second-order valence-electron chi connectivity index (χ2n) is 6.36. The van der Waals surface area contributed by atoms with Gasteiger partial charge in [0, 0.05) is 25.2 Å². The summed E-state index contributed by atoms with van der Waals surface area (Å²) in [5.74, 6) is 0. The van der Waals surface area contributed by atoms with Gasteiger partial charge in [-0.05, 0) is 27.7 Å². The SMILES string of the molecule is CC1CN(C(C)(C)CNc2ncc(C(F)(F)F)s2)CC(C)O1. The lowest BCUT2D eigenvalue weighted by atomic mass is 10.0. The molecule has 1 N–H and O–H groups in total. The Balaban J connectivity index is 1.96. The largest absolute Gasteiger partial charge is 0.427 e. The van der Waals surface area contributed by atoms with Crippen molar-refractivity contribution in [3.63, 3.8) is 0 Å². The van der Waals surface area contributed by atoms with Gasteiger partial charge in [0.1, 0.15) is 4.88 Å². The molecule has 0 amide bonds. The second kappa shape index (κ2) is 6.33. The van der Waals surface area contributed by atoms with Crippen LogP contribution in [0.1, 0.15) is 32.6 Å². The lowest BCUT2D eigenvalue weighted by molar-refractivity contribution is -0.134. The highest BCUT2D eigenvalue weighted by Gasteiger charge is 2.35. The van der Waals surface area contributed by atoms with Crippen LogP contribution >= 0.6 is 11.3 Å². The predicted octanol–water partition coefficient (Wildman–Crippen LogP) is 3.46. The number of thiazole rings is 1. The summed E-state index contributed by atoms with van der Waals surface area (Å²) >= 11 is 0.638. The van der Waals surface area contributed by atoms with E-state index in [9.17, 15) is 13.2 Å². The number of hydrogen-bond donors (Lipinski definition) is 1. The van der Waals surface area contributed by atoms with Crippen molar-refractivity contribution in [1.29, 1.82) is 0 Å². The first-order chi connectivity index (χ1) is 10.1. The average Bonchev–Trinajstić information content (AvgIpc) is 2.84. The quantitative estimate of drug-likeness (QED) is 0.913. The molecule has 0 bridgehead atoms. The molecule has 2 heterocycles. The van der Waals surface area contributed by atoms with Crippen LogP contribution in [-0.4, -0.2) is 47.3 Å². The van der Waals surface area contributed by atoms with E-state index in [4.69, 9.17) is 4.74 Å². The van der Waals surface area contributed by atoms with Crippen molar-refractivity contribution in [3.8, 4) is 0 Å². The van der Waals surface area contributed by atoms with Crippen LogP contribution in [0.2, 0.25) is 0 Å². The lowest BCUT2D eigenvalue weighted by Gasteiger charge is -2.45. The molecule has 1 aliphatic rings. The van der Waals surface area contributed by atoms with Crippen LogP contribution in [0.25, 0.3) is 0 Å². The van der Waals surface area contributed by atoms with Crippen LogP contribution in [0.15, 0.2) is 6.20 Å². The number of rotatable bonds is 4. The van der Waals surface area contributed by atoms with Crippen LogP contribution in [0.4, 0.5) is 18.3 Å². The van der Waals surface area contributed by atoms with Gasteiger partial charge in [-0.15, -0.1) is 0 Å². The Hall–Kier alpha value is -0.860. The molecule has 4 nitrogen and oxygen atoms in total. The highest BCUT2D eigenvalue weighted by atomic mass is 32.1. The van der Waals surface area contributed by atoms with Gasteiger partial charge in [0.05, 0.1) is 18.4 Å². The van der Waals surface area contributed by atoms with E-state index in [2.05, 4.69) is 29.0 Å². The average molecular weight is 337 g/mol. The molecule has 0 spiro atoms. The van der Waals surface area contributed by atoms with E-state index >= 15 is 0 Å². The fraction of sp³-hybridized carbons (Fsp3) is 0.786. The number of nitrogens with one attached hydrogen (secondary N) is 1. The molecule has 22 heavy (non-hydrogen) atoms. The number of ether oxygens (including phenoxy) is 1. The highest BCUT2D eigenvalue weighted by molar-refractivity contribution is 7.15. The second-order valence-corrected chi connectivity index (χ2v) is 7.39. The zero-order chi connectivity index (χ0) is 16.5. The van der Waals surface area contributed by atoms with E-state index < -0.39 is 11.1 Å². The first-order valence-electron chi connectivity index (χ1n) is 7.25. The van der Waals surface area contributed by atoms with Gasteiger partial charge in [-0.2, -0.15) is 13.2 Å². The maximum Gasteiger partial charge on any atom is 0.427 e. The summed E-state index contributed by atoms with van der Waals surface area (Å²) in [6.07, 6.45) is -3.15. The van der Waals surface area contributed by atoms with E-state index in [1.54, 1.807) is 0 Å². The summed E-state index contributed by atoms with van der Waals surface area (Å²) in [4.78, 5) is 5.43. The smallest absolute Gasteiger partial charge is 0.373 e. The van der Waals surface area contributed by atoms with Gasteiger partial charge in [-0.3, -0.25) is 4.90 Å². The Morgan fingerprint density at radius 1 is 1.32 bits per heavy atom. The summed E-state index contributed by atoms with van der Waals surface area (Å²) in [7, 11) is 0. The standard InChI is InChI=1S/C14H22F3N3OS/c1-9-6-20(7-10(2)21-9)13(3,4)8-19-12-18-5-11(22-12)14(15,16)17/h5,9-10H,6-8H2,1-4H3,(H,18,19). The number of nitrogens with zero attached hydrogens (tertiary/aromatic N) is 2. The number of halogens is 3. The molecule has 2 atom stereocenters. The Labute approximate surface area is 132 Å². The van der Waals surface area contributed by atoms with Gasteiger partial charge >= 0.3 is 6.18 Å². The first kappa shape index (κ1) is 17.5. The van der Waals surface area contributed by atoms with Gasteiger partial charge < -0.3 is 10.1 Å². The Morgan fingerprint density at radius 3 is 2.41 bits per heavy atom. The molecule has 0 aromatic carbocycles. The Bertz CT molecular complexity index is 494. The summed E-state index contributed by atoms with van der Waals surface area (Å²) in [5.41, 5.74) is -0.198. The van der Waals surface area contributed by atoms with Gasteiger partial charge in [-0.25, -0.2) is 4.98 Å². The minimum atomic E-state index is -4.33. The fourth-order valence-corrected chi connectivity index (χ4v) is 3.24. The topological polar surface area (TPSA) is 37.4 Å². The van der Waals surface area contributed by atoms with Gasteiger partial charge in [0.2, 0.25) is 0 Å². The van der Waals surface area contributed by atoms with Crippen LogP contribution in [0, 0.1) is 0 Å². The molecule has 1 aromatic heterocycles. The molecule has 0 radical (unpaired) electrons. The van der Waals surface area contributed by atoms with Crippen LogP contribution in [0.3, 0.4) is 0 Å². The van der Waals surface area contributed by atoms with Gasteiger partial charge in [0.25, 0.3) is 0 Å². The summed E-state index contributed by atoms with van der Waals surface area (Å²) in [5, 5.41) is 3.33. The number of anilines is 1. The first-order valence-corrected chi connectivity index (χ1v) is 8.07. The number of morpholine rings is 1. The summed E-state index contributed by atoms with van der Waals surface area (Å²) in [6.45, 7) is 10.4. The van der Waals surface area contributed by atoms with Crippen molar-refractivity contribution >= 4 is 16.5 Å². The molecule has 0 saturated carbocycles. The van der Waals surface area contributed by atoms with Crippen molar-refractivity contribution in [2.45, 2.75) is 51.6 Å². The van der Waals surface area contributed by atoms with E-state index in [0.717, 1.165) is 19.3 Å². The van der Waals surface area contributed by atoms with Crippen molar-refractivity contribution in [2.75, 3.05) is 25.0 Å². The van der Waals surface area contributed by atoms with Crippen molar-refractivity contribution < 1.29 is 17.9 Å². The zero-order valence-electron chi connectivity index (χ0n) is 13.2. The molecule has 126 valence electrons. The lowest BCUT2D eigenvalue weighted by Crippen LogP contribution is -2.57. The normalized spacial score (nSPS) is 24.5. The number of aromatic nitrogens is 1. The molecular weight excluding hydrogens is 315 g/mol. The third-order valence-electron chi connectivity index (χ3n) is 3.73. The molecule has 1 saturated heterocycles. The van der Waals surface area contributed by atoms with E-state index in [-0.39, 0.29) is 17.7 Å². The third kappa shape index (κ3) is 4.33. The molecular formula is C14H22F3N3OS. The van der Waals surface area contributed by atoms with Crippen LogP contribution < -0.4 is 5.32 Å². The Morgan fingerprint density at radius 2 is 1.91 bits per heavy atom. The minimum Gasteiger partial charge on any atom is -0.373 e. The van der Waals surface area contributed by atoms with Crippen molar-refractivity contribution in [2.24, 2.45) is 0 Å². The minimum absolute atomic E-state index is 0.153. The third-order valence-corrected chi connectivity index (χ3v) is 4.73. The molecule has 1 aliphatic heterocycles. The molecule has 2 rings (SSSR count). The van der Waals surface area contributed by atoms with Crippen molar-refractivity contribution in [1.82, 2.24) is 9.88 Å². The van der Waals surface area contributed by atoms with Gasteiger partial charge in [0.15, 0.2) is 5.13 Å². The van der Waals surface area contributed by atoms with Crippen LogP contribution in [-0.2, 0) is 10.9 Å². The molecule has 1 aromatic rings. The summed E-state index contributed by atoms with van der Waals surface area (Å²) < 4.78 is 43.4. The molecule has 2 unspecified atom stereocenters. The van der Waals surface area contributed by atoms with Crippen LogP contribution in [0.5, 0.6) is 0 Å². The summed E-state index contributed by atoms with van der Waals surface area (Å²) in [6, 6.07) is 0. The number of hydrogen-bond acceptors (Lipinski definition) is 5.